The second kappa shape index (κ2) is 8.02. The van der Waals surface area contributed by atoms with E-state index in [1.807, 2.05) is 0 Å². The first-order valence-electron chi connectivity index (χ1n) is 4.90. The maximum Gasteiger partial charge on any atom is 0.389 e. The van der Waals surface area contributed by atoms with Crippen LogP contribution in [-0.4, -0.2) is 12.8 Å². The Morgan fingerprint density at radius 1 is 1.41 bits per heavy atom. The Labute approximate surface area is 111 Å². The van der Waals surface area contributed by atoms with Gasteiger partial charge in [-0.25, -0.2) is 0 Å². The van der Waals surface area contributed by atoms with Crippen LogP contribution < -0.4 is 0 Å². The van der Waals surface area contributed by atoms with Crippen molar-refractivity contribution in [3.8, 4) is 0 Å². The average molecular weight is 337 g/mol. The predicted molar refractivity (Wildman–Crippen MR) is 65.7 cm³/mol. The molecule has 0 fully saturated rings. The van der Waals surface area contributed by atoms with E-state index in [0.29, 0.717) is 11.3 Å². The summed E-state index contributed by atoms with van der Waals surface area (Å²) in [6.07, 6.45) is -3.74. The summed E-state index contributed by atoms with van der Waals surface area (Å²) < 4.78 is 52.5. The van der Waals surface area contributed by atoms with Gasteiger partial charge < -0.3 is 4.74 Å². The van der Waals surface area contributed by atoms with Gasteiger partial charge in [0.25, 0.3) is 0 Å². The molecule has 1 nitrogen and oxygen atoms in total. The minimum Gasteiger partial charge on any atom is -0.493 e. The summed E-state index contributed by atoms with van der Waals surface area (Å²) in [7, 11) is 0. The zero-order valence-corrected chi connectivity index (χ0v) is 11.6. The first kappa shape index (κ1) is 16.8. The van der Waals surface area contributed by atoms with Crippen molar-refractivity contribution in [2.45, 2.75) is 32.4 Å². The zero-order chi connectivity index (χ0) is 13.5. The monoisotopic (exact) mass is 336 g/mol. The van der Waals surface area contributed by atoms with Gasteiger partial charge in [0.15, 0.2) is 4.74 Å². The van der Waals surface area contributed by atoms with Crippen LogP contribution in [-0.2, 0) is 4.74 Å². The number of rotatable bonds is 6. The summed E-state index contributed by atoms with van der Waals surface area (Å²) in [4.78, 5) is 0.478. The van der Waals surface area contributed by atoms with Crippen LogP contribution in [0.1, 0.15) is 26.2 Å². The maximum absolute atomic E-state index is 12.6. The van der Waals surface area contributed by atoms with Gasteiger partial charge in [-0.1, -0.05) is 6.92 Å². The van der Waals surface area contributed by atoms with Gasteiger partial charge in [-0.15, -0.1) is 12.6 Å². The minimum absolute atomic E-state index is 0.129. The van der Waals surface area contributed by atoms with Crippen molar-refractivity contribution in [3.05, 3.63) is 21.5 Å². The van der Waals surface area contributed by atoms with Gasteiger partial charge in [-0.3, -0.25) is 0 Å². The standard InChI is InChI=1S/C10H13BrF4OS/c1-2-8(17)7(6-9(11)12)16-5-3-4-10(13,14)15/h6,17H,2-5H2,1H3/b8-7-,9-6?. The van der Waals surface area contributed by atoms with Crippen LogP contribution in [0.15, 0.2) is 21.5 Å². The molecule has 0 saturated heterocycles. The number of alkyl halides is 3. The highest BCUT2D eigenvalue weighted by Gasteiger charge is 2.26. The molecule has 0 saturated carbocycles. The van der Waals surface area contributed by atoms with Crippen molar-refractivity contribution < 1.29 is 22.3 Å². The molecule has 0 amide bonds. The summed E-state index contributed by atoms with van der Waals surface area (Å²) in [5.74, 6) is 0.146. The first-order valence-corrected chi connectivity index (χ1v) is 6.14. The minimum atomic E-state index is -4.20. The van der Waals surface area contributed by atoms with Gasteiger partial charge in [0, 0.05) is 17.4 Å². The molecule has 0 radical (unpaired) electrons. The fraction of sp³-hybridized carbons (Fsp3) is 0.600. The Balaban J connectivity index is 4.26. The third kappa shape index (κ3) is 9.52. The highest BCUT2D eigenvalue weighted by atomic mass is 79.9. The molecule has 0 heterocycles. The lowest BCUT2D eigenvalue weighted by molar-refractivity contribution is -0.137. The number of hydrogen-bond acceptors (Lipinski definition) is 2. The van der Waals surface area contributed by atoms with E-state index in [4.69, 9.17) is 4.74 Å². The van der Waals surface area contributed by atoms with Crippen molar-refractivity contribution in [2.24, 2.45) is 0 Å². The molecule has 0 aliphatic rings. The number of thiol groups is 1. The van der Waals surface area contributed by atoms with E-state index in [-0.39, 0.29) is 18.8 Å². The molecule has 0 aliphatic carbocycles. The molecule has 0 spiro atoms. The number of allylic oxidation sites excluding steroid dienone is 2. The maximum atomic E-state index is 12.6. The van der Waals surface area contributed by atoms with Gasteiger partial charge in [-0.05, 0) is 28.8 Å². The quantitative estimate of drug-likeness (QED) is 0.233. The Kier molecular flexibility index (Phi) is 7.94. The molecule has 0 aromatic rings. The molecule has 0 rings (SSSR count). The summed E-state index contributed by atoms with van der Waals surface area (Å²) in [6, 6.07) is 0. The normalized spacial score (nSPS) is 14.6. The van der Waals surface area contributed by atoms with Crippen molar-refractivity contribution in [2.75, 3.05) is 6.61 Å². The molecule has 0 bridgehead atoms. The summed E-state index contributed by atoms with van der Waals surface area (Å²) in [6.45, 7) is 1.65. The highest BCUT2D eigenvalue weighted by molar-refractivity contribution is 9.11. The van der Waals surface area contributed by atoms with Crippen molar-refractivity contribution in [1.29, 1.82) is 0 Å². The van der Waals surface area contributed by atoms with Crippen molar-refractivity contribution >= 4 is 28.6 Å². The average Bonchev–Trinajstić information content (AvgIpc) is 2.19. The molecule has 17 heavy (non-hydrogen) atoms. The van der Waals surface area contributed by atoms with Gasteiger partial charge in [0.1, 0.15) is 5.76 Å². The number of hydrogen-bond donors (Lipinski definition) is 1. The lowest BCUT2D eigenvalue weighted by Gasteiger charge is -2.10. The Hall–Kier alpha value is -0.170. The summed E-state index contributed by atoms with van der Waals surface area (Å²) >= 11 is 6.64. The van der Waals surface area contributed by atoms with E-state index >= 15 is 0 Å². The van der Waals surface area contributed by atoms with Gasteiger partial charge >= 0.3 is 6.18 Å². The van der Waals surface area contributed by atoms with Crippen LogP contribution in [0.4, 0.5) is 17.6 Å². The Morgan fingerprint density at radius 2 is 2.00 bits per heavy atom. The predicted octanol–water partition coefficient (Wildman–Crippen LogP) is 5.10. The Bertz CT molecular complexity index is 295. The van der Waals surface area contributed by atoms with Crippen LogP contribution >= 0.6 is 28.6 Å². The lowest BCUT2D eigenvalue weighted by Crippen LogP contribution is -2.08. The smallest absolute Gasteiger partial charge is 0.389 e. The van der Waals surface area contributed by atoms with Gasteiger partial charge in [0.2, 0.25) is 0 Å². The molecule has 0 N–H and O–H groups in total. The largest absolute Gasteiger partial charge is 0.493 e. The van der Waals surface area contributed by atoms with E-state index < -0.39 is 17.3 Å². The fourth-order valence-corrected chi connectivity index (χ4v) is 1.27. The highest BCUT2D eigenvalue weighted by Crippen LogP contribution is 2.23. The summed E-state index contributed by atoms with van der Waals surface area (Å²) in [5, 5.41) is 0. The van der Waals surface area contributed by atoms with E-state index in [9.17, 15) is 17.6 Å². The molecule has 100 valence electrons. The molecule has 0 aliphatic heterocycles. The van der Waals surface area contributed by atoms with Crippen molar-refractivity contribution in [3.63, 3.8) is 0 Å². The van der Waals surface area contributed by atoms with Crippen LogP contribution in [0.3, 0.4) is 0 Å². The molecule has 0 aromatic heterocycles. The van der Waals surface area contributed by atoms with E-state index in [2.05, 4.69) is 28.6 Å². The lowest BCUT2D eigenvalue weighted by atomic mass is 10.3. The topological polar surface area (TPSA) is 9.23 Å². The Morgan fingerprint density at radius 3 is 2.41 bits per heavy atom. The third-order valence-electron chi connectivity index (χ3n) is 1.72. The van der Waals surface area contributed by atoms with Gasteiger partial charge in [-0.2, -0.15) is 17.6 Å². The van der Waals surface area contributed by atoms with E-state index in [1.165, 1.54) is 0 Å². The number of halogens is 5. The van der Waals surface area contributed by atoms with Crippen LogP contribution in [0.25, 0.3) is 0 Å². The van der Waals surface area contributed by atoms with Crippen LogP contribution in [0.2, 0.25) is 0 Å². The molecule has 0 aromatic carbocycles. The molecule has 0 atom stereocenters. The molecule has 7 heteroatoms. The van der Waals surface area contributed by atoms with Crippen molar-refractivity contribution in [1.82, 2.24) is 0 Å². The van der Waals surface area contributed by atoms with Gasteiger partial charge in [0.05, 0.1) is 6.61 Å². The van der Waals surface area contributed by atoms with E-state index in [1.54, 1.807) is 6.92 Å². The second-order valence-corrected chi connectivity index (χ2v) is 4.46. The second-order valence-electron chi connectivity index (χ2n) is 3.17. The third-order valence-corrected chi connectivity index (χ3v) is 2.49. The fourth-order valence-electron chi connectivity index (χ4n) is 0.936. The first-order chi connectivity index (χ1) is 7.76. The van der Waals surface area contributed by atoms with Crippen LogP contribution in [0, 0.1) is 0 Å². The SMILES string of the molecule is CC/C(S)=C(\C=C(F)Br)OCCCC(F)(F)F. The van der Waals surface area contributed by atoms with Crippen LogP contribution in [0.5, 0.6) is 0 Å². The van der Waals surface area contributed by atoms with E-state index in [0.717, 1.165) is 6.08 Å². The molecular weight excluding hydrogens is 324 g/mol. The zero-order valence-electron chi connectivity index (χ0n) is 9.15. The molecule has 0 unspecified atom stereocenters. The number of ether oxygens (including phenoxy) is 1. The summed E-state index contributed by atoms with van der Waals surface area (Å²) in [5.41, 5.74) is 0. The molecular formula is C10H13BrF4OS.